The molecule has 0 spiro atoms. The summed E-state index contributed by atoms with van der Waals surface area (Å²) in [5.74, 6) is -4.19. The molecule has 0 bridgehead atoms. The minimum atomic E-state index is -5.08. The molecule has 0 saturated heterocycles. The van der Waals surface area contributed by atoms with Gasteiger partial charge in [-0.2, -0.15) is 13.2 Å². The number of carboxylic acid groups (broad SMARTS) is 2. The maximum Gasteiger partial charge on any atom is 0.490 e. The maximum atomic E-state index is 14.8. The Kier molecular flexibility index (Phi) is 7.98. The summed E-state index contributed by atoms with van der Waals surface area (Å²) in [4.78, 5) is 30.1. The highest BCUT2D eigenvalue weighted by Gasteiger charge is 2.47. The number of halogens is 4. The molecule has 2 heterocycles. The minimum Gasteiger partial charge on any atom is -0.480 e. The van der Waals surface area contributed by atoms with Crippen molar-refractivity contribution in [3.8, 4) is 10.6 Å². The van der Waals surface area contributed by atoms with Gasteiger partial charge in [-0.25, -0.2) is 19.2 Å². The van der Waals surface area contributed by atoms with Crippen LogP contribution in [-0.4, -0.2) is 44.3 Å². The molecule has 0 radical (unpaired) electrons. The van der Waals surface area contributed by atoms with Crippen LogP contribution >= 0.6 is 11.3 Å². The molecule has 204 valence electrons. The van der Waals surface area contributed by atoms with Gasteiger partial charge in [0.05, 0.1) is 5.69 Å². The topological polar surface area (TPSA) is 126 Å². The van der Waals surface area contributed by atoms with Crippen molar-refractivity contribution in [2.24, 2.45) is 5.73 Å². The highest BCUT2D eigenvalue weighted by Crippen LogP contribution is 2.53. The minimum absolute atomic E-state index is 0.0245. The van der Waals surface area contributed by atoms with E-state index < -0.39 is 24.2 Å². The van der Waals surface area contributed by atoms with Gasteiger partial charge in [-0.15, -0.1) is 0 Å². The molecule has 1 aliphatic rings. The van der Waals surface area contributed by atoms with Crippen molar-refractivity contribution in [1.82, 2.24) is 9.97 Å². The average Bonchev–Trinajstić information content (AvgIpc) is 3.60. The van der Waals surface area contributed by atoms with E-state index in [1.165, 1.54) is 23.0 Å². The van der Waals surface area contributed by atoms with Crippen LogP contribution < -0.4 is 5.73 Å². The van der Waals surface area contributed by atoms with E-state index in [-0.39, 0.29) is 17.7 Å². The van der Waals surface area contributed by atoms with E-state index in [2.05, 4.69) is 29.2 Å². The van der Waals surface area contributed by atoms with Crippen molar-refractivity contribution in [2.75, 3.05) is 0 Å². The lowest BCUT2D eigenvalue weighted by Crippen LogP contribution is -2.30. The second-order valence-corrected chi connectivity index (χ2v) is 10.1. The lowest BCUT2D eigenvalue weighted by Gasteiger charge is -2.14. The Bertz CT molecular complexity index is 1500. The summed E-state index contributed by atoms with van der Waals surface area (Å²) in [5, 5.41) is 16.6. The number of hydrogen-bond acceptors (Lipinski definition) is 6. The maximum absolute atomic E-state index is 14.8. The Morgan fingerprint density at radius 1 is 1.03 bits per heavy atom. The fourth-order valence-electron chi connectivity index (χ4n) is 4.11. The zero-order valence-corrected chi connectivity index (χ0v) is 21.1. The number of rotatable bonds is 7. The van der Waals surface area contributed by atoms with Gasteiger partial charge in [-0.3, -0.25) is 4.79 Å². The van der Waals surface area contributed by atoms with Gasteiger partial charge in [0.25, 0.3) is 0 Å². The second kappa shape index (κ2) is 11.1. The summed E-state index contributed by atoms with van der Waals surface area (Å²) in [5.41, 5.74) is 9.73. The number of fused-ring (bicyclic) bond motifs is 1. The van der Waals surface area contributed by atoms with Crippen LogP contribution in [-0.2, 0) is 21.4 Å². The molecule has 0 unspecified atom stereocenters. The number of pyridine rings is 1. The fraction of sp³-hybridized carbons (Fsp3) is 0.259. The van der Waals surface area contributed by atoms with Crippen LogP contribution in [0.15, 0.2) is 60.7 Å². The largest absolute Gasteiger partial charge is 0.490 e. The van der Waals surface area contributed by atoms with Crippen molar-refractivity contribution in [2.45, 2.75) is 43.3 Å². The first-order valence-corrected chi connectivity index (χ1v) is 12.6. The van der Waals surface area contributed by atoms with Gasteiger partial charge in [-0.05, 0) is 61.1 Å². The van der Waals surface area contributed by atoms with E-state index in [0.29, 0.717) is 22.6 Å². The number of aryl methyl sites for hydroxylation is 1. The molecule has 0 amide bonds. The number of alkyl halides is 3. The number of carboxylic acids is 2. The van der Waals surface area contributed by atoms with Crippen LogP contribution in [0.5, 0.6) is 0 Å². The molecule has 12 heteroatoms. The van der Waals surface area contributed by atoms with Crippen LogP contribution in [0, 0.1) is 5.82 Å². The van der Waals surface area contributed by atoms with Gasteiger partial charge < -0.3 is 15.9 Å². The fourth-order valence-corrected chi connectivity index (χ4v) is 5.07. The summed E-state index contributed by atoms with van der Waals surface area (Å²) < 4.78 is 46.6. The lowest BCUT2D eigenvalue weighted by molar-refractivity contribution is -0.192. The van der Waals surface area contributed by atoms with Crippen molar-refractivity contribution in [3.05, 3.63) is 83.3 Å². The van der Waals surface area contributed by atoms with Gasteiger partial charge in [0.15, 0.2) is 0 Å². The summed E-state index contributed by atoms with van der Waals surface area (Å²) in [6.45, 7) is 0. The smallest absolute Gasteiger partial charge is 0.480 e. The molecule has 1 atom stereocenters. The van der Waals surface area contributed by atoms with Crippen LogP contribution in [0.3, 0.4) is 0 Å². The Morgan fingerprint density at radius 3 is 2.26 bits per heavy atom. The van der Waals surface area contributed by atoms with E-state index in [4.69, 9.17) is 25.7 Å². The molecule has 4 N–H and O–H groups in total. The summed E-state index contributed by atoms with van der Waals surface area (Å²) >= 11 is 1.39. The Balaban J connectivity index is 0.000000448. The van der Waals surface area contributed by atoms with Crippen LogP contribution in [0.25, 0.3) is 20.9 Å². The van der Waals surface area contributed by atoms with E-state index in [1.54, 1.807) is 12.1 Å². The number of nitrogens with two attached hydrogens (primary N) is 1. The summed E-state index contributed by atoms with van der Waals surface area (Å²) in [7, 11) is 0. The molecule has 1 saturated carbocycles. The lowest BCUT2D eigenvalue weighted by atomic mass is 9.92. The predicted octanol–water partition coefficient (Wildman–Crippen LogP) is 5.56. The van der Waals surface area contributed by atoms with Crippen molar-refractivity contribution < 1.29 is 37.4 Å². The standard InChI is InChI=1S/C25H22FN3O2S.C2HF3O2/c26-18-14-15(7-9-19(27)24(30)31)6-8-17(18)22-28-20-10-11-21(29-23(20)32-22)25(12-13-25)16-4-2-1-3-5-16;3-2(4,5)1(6)7/h1-6,8,10-11,14,19H,7,9,12-13,27H2,(H,30,31);(H,6,7)/t19-;/m1./s1. The van der Waals surface area contributed by atoms with Gasteiger partial charge in [0, 0.05) is 11.0 Å². The van der Waals surface area contributed by atoms with Gasteiger partial charge in [-0.1, -0.05) is 47.7 Å². The third-order valence-corrected chi connectivity index (χ3v) is 7.39. The number of hydrogen-bond donors (Lipinski definition) is 3. The zero-order chi connectivity index (χ0) is 28.4. The first-order chi connectivity index (χ1) is 18.4. The van der Waals surface area contributed by atoms with Crippen molar-refractivity contribution >= 4 is 33.6 Å². The molecular weight excluding hydrogens is 538 g/mol. The molecule has 1 aliphatic carbocycles. The third kappa shape index (κ3) is 6.40. The highest BCUT2D eigenvalue weighted by molar-refractivity contribution is 7.21. The predicted molar refractivity (Wildman–Crippen MR) is 137 cm³/mol. The molecule has 39 heavy (non-hydrogen) atoms. The van der Waals surface area contributed by atoms with Gasteiger partial charge in [0.1, 0.15) is 27.2 Å². The monoisotopic (exact) mass is 561 g/mol. The molecule has 1 fully saturated rings. The number of carbonyl (C=O) groups is 2. The molecular formula is C27H23F4N3O4S. The first-order valence-electron chi connectivity index (χ1n) is 11.8. The first kappa shape index (κ1) is 28.1. The van der Waals surface area contributed by atoms with E-state index in [0.717, 1.165) is 28.9 Å². The van der Waals surface area contributed by atoms with Crippen molar-refractivity contribution in [3.63, 3.8) is 0 Å². The molecule has 2 aromatic heterocycles. The molecule has 5 rings (SSSR count). The zero-order valence-electron chi connectivity index (χ0n) is 20.3. The number of thiazole rings is 1. The van der Waals surface area contributed by atoms with Crippen LogP contribution in [0.2, 0.25) is 0 Å². The van der Waals surface area contributed by atoms with Crippen molar-refractivity contribution in [1.29, 1.82) is 0 Å². The molecule has 7 nitrogen and oxygen atoms in total. The van der Waals surface area contributed by atoms with E-state index in [9.17, 15) is 22.4 Å². The average molecular weight is 562 g/mol. The molecule has 4 aromatic rings. The highest BCUT2D eigenvalue weighted by atomic mass is 32.1. The van der Waals surface area contributed by atoms with E-state index >= 15 is 0 Å². The third-order valence-electron chi connectivity index (χ3n) is 6.39. The number of aromatic nitrogens is 2. The second-order valence-electron chi connectivity index (χ2n) is 9.09. The van der Waals surface area contributed by atoms with Gasteiger partial charge in [0.2, 0.25) is 0 Å². The van der Waals surface area contributed by atoms with Crippen LogP contribution in [0.4, 0.5) is 17.6 Å². The number of nitrogens with zero attached hydrogens (tertiary/aromatic N) is 2. The quantitative estimate of drug-likeness (QED) is 0.252. The Hall–Kier alpha value is -3.90. The summed E-state index contributed by atoms with van der Waals surface area (Å²) in [6, 6.07) is 18.4. The normalized spacial score (nSPS) is 14.8. The Morgan fingerprint density at radius 2 is 1.69 bits per heavy atom. The molecule has 0 aliphatic heterocycles. The summed E-state index contributed by atoms with van der Waals surface area (Å²) in [6.07, 6.45) is -2.28. The number of aliphatic carboxylic acids is 2. The Labute approximate surface area is 224 Å². The van der Waals surface area contributed by atoms with Crippen LogP contribution in [0.1, 0.15) is 36.1 Å². The van der Waals surface area contributed by atoms with Gasteiger partial charge >= 0.3 is 18.1 Å². The molecule has 2 aromatic carbocycles. The van der Waals surface area contributed by atoms with E-state index in [1.807, 2.05) is 18.2 Å². The number of benzene rings is 2. The SMILES string of the molecule is N[C@H](CCc1ccc(-c2nc3ccc(C4(c5ccccc5)CC4)nc3s2)c(F)c1)C(=O)O.O=C(O)C(F)(F)F.